The van der Waals surface area contributed by atoms with E-state index in [1.54, 1.807) is 24.3 Å². The molecule has 0 radical (unpaired) electrons. The first-order chi connectivity index (χ1) is 12.8. The van der Waals surface area contributed by atoms with Crippen molar-refractivity contribution in [2.75, 3.05) is 11.9 Å². The number of nitrogens with one attached hydrogen (secondary N) is 2. The quantitative estimate of drug-likeness (QED) is 0.385. The van der Waals surface area contributed by atoms with Crippen LogP contribution < -0.4 is 15.5 Å². The summed E-state index contributed by atoms with van der Waals surface area (Å²) >= 11 is 11.8. The monoisotopic (exact) mass is 409 g/mol. The maximum absolute atomic E-state index is 11.8. The predicted molar refractivity (Wildman–Crippen MR) is 100 cm³/mol. The highest BCUT2D eigenvalue weighted by atomic mass is 35.5. The van der Waals surface area contributed by atoms with E-state index in [1.807, 2.05) is 0 Å². The van der Waals surface area contributed by atoms with E-state index < -0.39 is 24.4 Å². The third kappa shape index (κ3) is 6.61. The predicted octanol–water partition coefficient (Wildman–Crippen LogP) is 2.55. The van der Waals surface area contributed by atoms with Gasteiger partial charge in [-0.15, -0.1) is 0 Å². The number of aliphatic carboxylic acids is 1. The van der Waals surface area contributed by atoms with E-state index in [9.17, 15) is 14.4 Å². The number of amides is 2. The molecule has 0 spiro atoms. The van der Waals surface area contributed by atoms with Gasteiger partial charge in [0.2, 0.25) is 0 Å². The Morgan fingerprint density at radius 1 is 1.11 bits per heavy atom. The first-order valence-corrected chi connectivity index (χ1v) is 8.15. The highest BCUT2D eigenvalue weighted by Crippen LogP contribution is 2.24. The third-order valence-corrected chi connectivity index (χ3v) is 3.51. The number of hydrogen-bond donors (Lipinski definition) is 3. The first kappa shape index (κ1) is 20.2. The molecule has 0 aromatic heterocycles. The third-order valence-electron chi connectivity index (χ3n) is 2.98. The number of nitrogens with zero attached hydrogens (tertiary/aromatic N) is 1. The molecule has 0 aliphatic carbocycles. The standard InChI is InChI=1S/C17H13Cl2N3O5/c18-11-2-1-3-12(7-11)21-16(25)17(26)22-20-8-10-4-5-14(13(19)6-10)27-9-15(23)24/h1-8H,9H2,(H,21,25)(H,22,26)(H,23,24)/b20-8-. The average molecular weight is 410 g/mol. The van der Waals surface area contributed by atoms with Gasteiger partial charge in [0.15, 0.2) is 6.61 Å². The second-order valence-corrected chi connectivity index (χ2v) is 5.88. The second kappa shape index (κ2) is 9.56. The lowest BCUT2D eigenvalue weighted by molar-refractivity contribution is -0.139. The molecule has 0 saturated heterocycles. The Morgan fingerprint density at radius 2 is 1.89 bits per heavy atom. The zero-order chi connectivity index (χ0) is 19.8. The van der Waals surface area contributed by atoms with Crippen LogP contribution in [0.25, 0.3) is 0 Å². The number of hydrogen-bond acceptors (Lipinski definition) is 5. The number of rotatable bonds is 6. The lowest BCUT2D eigenvalue weighted by Gasteiger charge is -2.06. The van der Waals surface area contributed by atoms with E-state index in [2.05, 4.69) is 15.8 Å². The largest absolute Gasteiger partial charge is 0.480 e. The number of anilines is 1. The van der Waals surface area contributed by atoms with Crippen molar-refractivity contribution < 1.29 is 24.2 Å². The minimum Gasteiger partial charge on any atom is -0.480 e. The summed E-state index contributed by atoms with van der Waals surface area (Å²) in [5, 5.41) is 15.2. The number of hydrazone groups is 1. The Morgan fingerprint density at radius 3 is 2.56 bits per heavy atom. The van der Waals surface area contributed by atoms with Gasteiger partial charge in [-0.3, -0.25) is 9.59 Å². The molecule has 0 bridgehead atoms. The summed E-state index contributed by atoms with van der Waals surface area (Å²) in [7, 11) is 0. The maximum Gasteiger partial charge on any atom is 0.341 e. The Bertz CT molecular complexity index is 902. The molecule has 27 heavy (non-hydrogen) atoms. The van der Waals surface area contributed by atoms with Gasteiger partial charge in [0.1, 0.15) is 5.75 Å². The molecular formula is C17H13Cl2N3O5. The minimum absolute atomic E-state index is 0.172. The van der Waals surface area contributed by atoms with E-state index >= 15 is 0 Å². The number of ether oxygens (including phenoxy) is 1. The highest BCUT2D eigenvalue weighted by molar-refractivity contribution is 6.39. The summed E-state index contributed by atoms with van der Waals surface area (Å²) in [6, 6.07) is 10.8. The minimum atomic E-state index is -1.13. The Labute approximate surface area is 163 Å². The van der Waals surface area contributed by atoms with Gasteiger partial charge in [0.05, 0.1) is 11.2 Å². The van der Waals surface area contributed by atoms with Crippen LogP contribution in [0.15, 0.2) is 47.6 Å². The Kier molecular flexibility index (Phi) is 7.16. The van der Waals surface area contributed by atoms with Gasteiger partial charge in [0.25, 0.3) is 0 Å². The van der Waals surface area contributed by atoms with E-state index in [4.69, 9.17) is 33.0 Å². The van der Waals surface area contributed by atoms with Crippen molar-refractivity contribution in [1.29, 1.82) is 0 Å². The van der Waals surface area contributed by atoms with Gasteiger partial charge in [-0.1, -0.05) is 29.3 Å². The highest BCUT2D eigenvalue weighted by Gasteiger charge is 2.13. The fraction of sp³-hybridized carbons (Fsp3) is 0.0588. The fourth-order valence-electron chi connectivity index (χ4n) is 1.82. The summed E-state index contributed by atoms with van der Waals surface area (Å²) in [4.78, 5) is 34.0. The van der Waals surface area contributed by atoms with Crippen molar-refractivity contribution in [2.45, 2.75) is 0 Å². The van der Waals surface area contributed by atoms with Crippen LogP contribution in [-0.2, 0) is 14.4 Å². The maximum atomic E-state index is 11.8. The van der Waals surface area contributed by atoms with Crippen LogP contribution in [0.4, 0.5) is 5.69 Å². The lowest BCUT2D eigenvalue weighted by Crippen LogP contribution is -2.32. The molecule has 10 heteroatoms. The van der Waals surface area contributed by atoms with E-state index in [0.717, 1.165) is 0 Å². The number of carboxylic acids is 1. The number of halogens is 2. The van der Waals surface area contributed by atoms with Crippen LogP contribution >= 0.6 is 23.2 Å². The Hall–Kier alpha value is -3.10. The molecule has 2 amide bonds. The van der Waals surface area contributed by atoms with Crippen molar-refractivity contribution in [1.82, 2.24) is 5.43 Å². The molecule has 0 heterocycles. The molecule has 0 aliphatic heterocycles. The summed E-state index contributed by atoms with van der Waals surface area (Å²) in [6.07, 6.45) is 1.26. The van der Waals surface area contributed by atoms with Crippen molar-refractivity contribution >= 4 is 52.9 Å². The van der Waals surface area contributed by atoms with Gasteiger partial charge in [-0.2, -0.15) is 5.10 Å². The molecule has 140 valence electrons. The van der Waals surface area contributed by atoms with E-state index in [0.29, 0.717) is 16.3 Å². The molecule has 8 nitrogen and oxygen atoms in total. The molecule has 2 aromatic carbocycles. The molecule has 0 fully saturated rings. The van der Waals surface area contributed by atoms with Crippen LogP contribution in [0.3, 0.4) is 0 Å². The van der Waals surface area contributed by atoms with Crippen LogP contribution in [-0.4, -0.2) is 35.7 Å². The smallest absolute Gasteiger partial charge is 0.341 e. The van der Waals surface area contributed by atoms with Crippen molar-refractivity contribution in [3.05, 3.63) is 58.1 Å². The van der Waals surface area contributed by atoms with Crippen LogP contribution in [0.1, 0.15) is 5.56 Å². The van der Waals surface area contributed by atoms with Gasteiger partial charge < -0.3 is 15.2 Å². The first-order valence-electron chi connectivity index (χ1n) is 7.39. The summed E-state index contributed by atoms with van der Waals surface area (Å²) < 4.78 is 4.98. The molecule has 0 unspecified atom stereocenters. The summed E-state index contributed by atoms with van der Waals surface area (Å²) in [5.74, 6) is -2.82. The SMILES string of the molecule is O=C(O)COc1ccc(/C=N\NC(=O)C(=O)Nc2cccc(Cl)c2)cc1Cl. The van der Waals surface area contributed by atoms with Crippen LogP contribution in [0.2, 0.25) is 10.0 Å². The van der Waals surface area contributed by atoms with E-state index in [1.165, 1.54) is 24.4 Å². The molecule has 2 rings (SSSR count). The molecular weight excluding hydrogens is 397 g/mol. The number of benzene rings is 2. The van der Waals surface area contributed by atoms with Gasteiger partial charge in [0, 0.05) is 10.7 Å². The zero-order valence-electron chi connectivity index (χ0n) is 13.6. The van der Waals surface area contributed by atoms with Gasteiger partial charge in [-0.05, 0) is 42.0 Å². The van der Waals surface area contributed by atoms with Crippen molar-refractivity contribution in [3.63, 3.8) is 0 Å². The normalized spacial score (nSPS) is 10.4. The van der Waals surface area contributed by atoms with Crippen LogP contribution in [0.5, 0.6) is 5.75 Å². The topological polar surface area (TPSA) is 117 Å². The number of carboxylic acid groups (broad SMARTS) is 1. The average Bonchev–Trinajstić information content (AvgIpc) is 2.60. The summed E-state index contributed by atoms with van der Waals surface area (Å²) in [6.45, 7) is -0.523. The molecule has 0 atom stereocenters. The summed E-state index contributed by atoms with van der Waals surface area (Å²) in [5.41, 5.74) is 2.94. The zero-order valence-corrected chi connectivity index (χ0v) is 15.1. The molecule has 0 aliphatic rings. The second-order valence-electron chi connectivity index (χ2n) is 5.04. The molecule has 3 N–H and O–H groups in total. The lowest BCUT2D eigenvalue weighted by atomic mass is 10.2. The number of carbonyl (C=O) groups is 3. The van der Waals surface area contributed by atoms with Gasteiger partial charge in [-0.25, -0.2) is 10.2 Å². The molecule has 0 saturated carbocycles. The molecule has 2 aromatic rings. The van der Waals surface area contributed by atoms with Gasteiger partial charge >= 0.3 is 17.8 Å². The Balaban J connectivity index is 1.90. The van der Waals surface area contributed by atoms with Crippen molar-refractivity contribution in [3.8, 4) is 5.75 Å². The number of carbonyl (C=O) groups excluding carboxylic acids is 2. The van der Waals surface area contributed by atoms with E-state index in [-0.39, 0.29) is 10.8 Å². The van der Waals surface area contributed by atoms with Crippen molar-refractivity contribution in [2.24, 2.45) is 5.10 Å². The van der Waals surface area contributed by atoms with Crippen LogP contribution in [0, 0.1) is 0 Å². The fourth-order valence-corrected chi connectivity index (χ4v) is 2.26.